The Kier molecular flexibility index (Phi) is 2.73. The van der Waals surface area contributed by atoms with Crippen molar-refractivity contribution in [3.63, 3.8) is 0 Å². The zero-order valence-corrected chi connectivity index (χ0v) is 8.48. The molecule has 2 heteroatoms. The quantitative estimate of drug-likeness (QED) is 0.606. The SMILES string of the molecule is CCN1C=CC([C+]2C=CN=CC2)=CC1. The maximum Gasteiger partial charge on any atom is 0.0976 e. The standard InChI is InChI=1S/C12H15N2/c1-2-14-9-5-12(6-10-14)11-3-7-13-8-4-11/h3,5-9H,2,4,10H2,1H3/q+1. The van der Waals surface area contributed by atoms with Gasteiger partial charge in [-0.3, -0.25) is 0 Å². The summed E-state index contributed by atoms with van der Waals surface area (Å²) in [7, 11) is 0. The summed E-state index contributed by atoms with van der Waals surface area (Å²) in [5.74, 6) is 1.37. The number of nitrogens with zero attached hydrogens (tertiary/aromatic N) is 2. The van der Waals surface area contributed by atoms with Crippen LogP contribution in [0.2, 0.25) is 0 Å². The molecule has 72 valence electrons. The van der Waals surface area contributed by atoms with Gasteiger partial charge in [0.2, 0.25) is 0 Å². The second-order valence-electron chi connectivity index (χ2n) is 3.44. The number of aliphatic imine (C=N–C) groups is 1. The predicted molar refractivity (Wildman–Crippen MR) is 60.0 cm³/mol. The molecule has 0 N–H and O–H groups in total. The molecule has 14 heavy (non-hydrogen) atoms. The topological polar surface area (TPSA) is 15.6 Å². The molecule has 0 bridgehead atoms. The third kappa shape index (κ3) is 1.90. The van der Waals surface area contributed by atoms with Gasteiger partial charge in [0.15, 0.2) is 0 Å². The molecule has 0 aliphatic carbocycles. The van der Waals surface area contributed by atoms with E-state index in [4.69, 9.17) is 0 Å². The number of rotatable bonds is 2. The summed E-state index contributed by atoms with van der Waals surface area (Å²) in [5, 5.41) is 0. The molecule has 2 aliphatic heterocycles. The second kappa shape index (κ2) is 4.18. The number of allylic oxidation sites excluding steroid dienone is 3. The van der Waals surface area contributed by atoms with Gasteiger partial charge in [0, 0.05) is 43.6 Å². The Hall–Kier alpha value is -1.44. The van der Waals surface area contributed by atoms with E-state index in [1.54, 1.807) is 0 Å². The molecule has 0 aromatic carbocycles. The highest BCUT2D eigenvalue weighted by atomic mass is 15.1. The van der Waals surface area contributed by atoms with Crippen LogP contribution >= 0.6 is 0 Å². The molecule has 2 aliphatic rings. The van der Waals surface area contributed by atoms with Crippen LogP contribution in [-0.2, 0) is 0 Å². The molecule has 0 fully saturated rings. The maximum atomic E-state index is 4.07. The van der Waals surface area contributed by atoms with Gasteiger partial charge in [-0.15, -0.1) is 0 Å². The van der Waals surface area contributed by atoms with E-state index in [1.165, 1.54) is 11.5 Å². The van der Waals surface area contributed by atoms with Crippen LogP contribution < -0.4 is 0 Å². The van der Waals surface area contributed by atoms with Crippen molar-refractivity contribution in [3.05, 3.63) is 42.1 Å². The van der Waals surface area contributed by atoms with Crippen molar-refractivity contribution in [1.82, 2.24) is 4.90 Å². The van der Waals surface area contributed by atoms with Crippen molar-refractivity contribution in [2.45, 2.75) is 13.3 Å². The first-order valence-electron chi connectivity index (χ1n) is 5.07. The van der Waals surface area contributed by atoms with E-state index >= 15 is 0 Å². The highest BCUT2D eigenvalue weighted by Gasteiger charge is 2.19. The van der Waals surface area contributed by atoms with E-state index in [1.807, 2.05) is 12.4 Å². The van der Waals surface area contributed by atoms with Crippen molar-refractivity contribution < 1.29 is 0 Å². The largest absolute Gasteiger partial charge is 0.358 e. The minimum absolute atomic E-state index is 0.957. The molecular formula is C12H15N2+. The lowest BCUT2D eigenvalue weighted by atomic mass is 9.93. The van der Waals surface area contributed by atoms with E-state index in [0.29, 0.717) is 0 Å². The van der Waals surface area contributed by atoms with Gasteiger partial charge in [0.05, 0.1) is 24.2 Å². The van der Waals surface area contributed by atoms with E-state index < -0.39 is 0 Å². The van der Waals surface area contributed by atoms with Crippen molar-refractivity contribution in [2.75, 3.05) is 13.1 Å². The molecule has 0 amide bonds. The lowest BCUT2D eigenvalue weighted by molar-refractivity contribution is 0.433. The first-order chi connectivity index (χ1) is 6.90. The fourth-order valence-corrected chi connectivity index (χ4v) is 1.63. The summed E-state index contributed by atoms with van der Waals surface area (Å²) >= 11 is 0. The van der Waals surface area contributed by atoms with Crippen LogP contribution in [-0.4, -0.2) is 24.2 Å². The lowest BCUT2D eigenvalue weighted by Gasteiger charge is -2.18. The van der Waals surface area contributed by atoms with Crippen molar-refractivity contribution in [3.8, 4) is 0 Å². The van der Waals surface area contributed by atoms with E-state index in [9.17, 15) is 0 Å². The van der Waals surface area contributed by atoms with Crippen molar-refractivity contribution >= 4 is 6.21 Å². The van der Waals surface area contributed by atoms with E-state index in [2.05, 4.69) is 41.2 Å². The highest BCUT2D eigenvalue weighted by molar-refractivity contribution is 5.67. The first kappa shape index (κ1) is 9.13. The molecule has 0 spiro atoms. The van der Waals surface area contributed by atoms with Gasteiger partial charge in [-0.2, -0.15) is 0 Å². The molecule has 0 radical (unpaired) electrons. The van der Waals surface area contributed by atoms with Crippen LogP contribution in [0.15, 0.2) is 41.2 Å². The average Bonchev–Trinajstić information content (AvgIpc) is 2.30. The molecular weight excluding hydrogens is 172 g/mol. The molecule has 2 heterocycles. The highest BCUT2D eigenvalue weighted by Crippen LogP contribution is 2.24. The Morgan fingerprint density at radius 3 is 3.07 bits per heavy atom. The maximum absolute atomic E-state index is 4.07. The van der Waals surface area contributed by atoms with Gasteiger partial charge in [0.25, 0.3) is 0 Å². The molecule has 2 rings (SSSR count). The summed E-state index contributed by atoms with van der Waals surface area (Å²) in [5.41, 5.74) is 1.34. The summed E-state index contributed by atoms with van der Waals surface area (Å²) in [6, 6.07) is 0. The Morgan fingerprint density at radius 1 is 1.57 bits per heavy atom. The lowest BCUT2D eigenvalue weighted by Crippen LogP contribution is -2.20. The zero-order valence-electron chi connectivity index (χ0n) is 8.48. The predicted octanol–water partition coefficient (Wildman–Crippen LogP) is 2.32. The Labute approximate surface area is 85.3 Å². The third-order valence-electron chi connectivity index (χ3n) is 2.57. The van der Waals surface area contributed by atoms with Gasteiger partial charge in [-0.1, -0.05) is 0 Å². The normalized spacial score (nSPS) is 20.2. The molecule has 0 aromatic heterocycles. The van der Waals surface area contributed by atoms with Crippen molar-refractivity contribution in [1.29, 1.82) is 0 Å². The van der Waals surface area contributed by atoms with E-state index in [0.717, 1.165) is 19.5 Å². The van der Waals surface area contributed by atoms with E-state index in [-0.39, 0.29) is 0 Å². The first-order valence-corrected chi connectivity index (χ1v) is 5.07. The van der Waals surface area contributed by atoms with Crippen LogP contribution in [0.25, 0.3) is 0 Å². The van der Waals surface area contributed by atoms with Crippen molar-refractivity contribution in [2.24, 2.45) is 4.99 Å². The van der Waals surface area contributed by atoms with Gasteiger partial charge < -0.3 is 4.90 Å². The number of likely N-dealkylation sites (N-methyl/N-ethyl adjacent to an activating group) is 1. The fraction of sp³-hybridized carbons (Fsp3) is 0.333. The minimum Gasteiger partial charge on any atom is -0.358 e. The zero-order chi connectivity index (χ0) is 9.80. The average molecular weight is 187 g/mol. The van der Waals surface area contributed by atoms with Gasteiger partial charge in [-0.05, 0) is 6.92 Å². The van der Waals surface area contributed by atoms with Crippen LogP contribution in [0.3, 0.4) is 0 Å². The fourth-order valence-electron chi connectivity index (χ4n) is 1.63. The Balaban J connectivity index is 2.00. The monoisotopic (exact) mass is 187 g/mol. The van der Waals surface area contributed by atoms with Crippen LogP contribution in [0.4, 0.5) is 0 Å². The number of hydrogen-bond acceptors (Lipinski definition) is 2. The van der Waals surface area contributed by atoms with Gasteiger partial charge in [-0.25, -0.2) is 4.99 Å². The summed E-state index contributed by atoms with van der Waals surface area (Å²) < 4.78 is 0. The molecule has 2 nitrogen and oxygen atoms in total. The minimum atomic E-state index is 0.957. The molecule has 0 atom stereocenters. The van der Waals surface area contributed by atoms with Gasteiger partial charge >= 0.3 is 0 Å². The molecule has 0 aromatic rings. The second-order valence-corrected chi connectivity index (χ2v) is 3.44. The summed E-state index contributed by atoms with van der Waals surface area (Å²) in [6.45, 7) is 4.27. The summed E-state index contributed by atoms with van der Waals surface area (Å²) in [4.78, 5) is 6.35. The smallest absolute Gasteiger partial charge is 0.0976 e. The van der Waals surface area contributed by atoms with Crippen LogP contribution in [0, 0.1) is 5.92 Å². The van der Waals surface area contributed by atoms with Crippen LogP contribution in [0.1, 0.15) is 13.3 Å². The van der Waals surface area contributed by atoms with Crippen LogP contribution in [0.5, 0.6) is 0 Å². The third-order valence-corrected chi connectivity index (χ3v) is 2.57. The molecule has 0 saturated heterocycles. The summed E-state index contributed by atoms with van der Waals surface area (Å²) in [6.07, 6.45) is 13.5. The molecule has 0 saturated carbocycles. The van der Waals surface area contributed by atoms with Gasteiger partial charge in [0.1, 0.15) is 0 Å². The molecule has 0 unspecified atom stereocenters. The Morgan fingerprint density at radius 2 is 2.50 bits per heavy atom. The Bertz CT molecular complexity index is 310. The number of hydrogen-bond donors (Lipinski definition) is 0.